The van der Waals surface area contributed by atoms with E-state index < -0.39 is 74.2 Å². The number of aromatic hydroxyl groups is 1. The van der Waals surface area contributed by atoms with Crippen LogP contribution in [0.2, 0.25) is 0 Å². The zero-order valence-corrected chi connectivity index (χ0v) is 26.1. The number of aliphatic hydroxyl groups excluding tert-OH is 2. The van der Waals surface area contributed by atoms with Crippen molar-refractivity contribution in [2.75, 3.05) is 24.7 Å². The van der Waals surface area contributed by atoms with E-state index in [1.165, 1.54) is 4.90 Å². The van der Waals surface area contributed by atoms with Crippen LogP contribution < -0.4 is 16.4 Å². The number of hydrogen-bond acceptors (Lipinski definition) is 12. The minimum absolute atomic E-state index is 0.00441. The Morgan fingerprint density at radius 2 is 1.68 bits per heavy atom. The van der Waals surface area contributed by atoms with Crippen molar-refractivity contribution < 1.29 is 52.3 Å². The summed E-state index contributed by atoms with van der Waals surface area (Å²) in [6, 6.07) is 0.670. The zero-order valence-electron chi connectivity index (χ0n) is 25.3. The maximum Gasteiger partial charge on any atom is 0.394 e. The molecule has 1 aromatic rings. The van der Waals surface area contributed by atoms with Crippen molar-refractivity contribution in [2.45, 2.75) is 70.7 Å². The molecule has 1 saturated carbocycles. The van der Waals surface area contributed by atoms with E-state index in [1.807, 2.05) is 20.8 Å². The van der Waals surface area contributed by atoms with Crippen LogP contribution in [-0.4, -0.2) is 98.1 Å². The molecule has 3 aliphatic rings. The molecule has 1 amide bonds. The van der Waals surface area contributed by atoms with Gasteiger partial charge in [0.25, 0.3) is 5.91 Å². The van der Waals surface area contributed by atoms with Crippen LogP contribution in [0.15, 0.2) is 23.0 Å². The van der Waals surface area contributed by atoms with Crippen molar-refractivity contribution in [1.82, 2.24) is 4.90 Å². The fourth-order valence-corrected chi connectivity index (χ4v) is 6.76. The van der Waals surface area contributed by atoms with Crippen molar-refractivity contribution in [3.05, 3.63) is 34.1 Å². The molecule has 1 fully saturated rings. The van der Waals surface area contributed by atoms with Crippen LogP contribution in [0.25, 0.3) is 5.76 Å². The third-order valence-corrected chi connectivity index (χ3v) is 8.63. The summed E-state index contributed by atoms with van der Waals surface area (Å²) < 4.78 is 31.6. The lowest BCUT2D eigenvalue weighted by Crippen LogP contribution is -2.65. The van der Waals surface area contributed by atoms with Crippen LogP contribution in [0.5, 0.6) is 5.75 Å². The molecule has 3 aliphatic carbocycles. The Labute approximate surface area is 255 Å². The molecule has 244 valence electrons. The van der Waals surface area contributed by atoms with Crippen molar-refractivity contribution in [3.8, 4) is 5.75 Å². The monoisotopic (exact) mass is 640 g/mol. The molecule has 3 unspecified atom stereocenters. The van der Waals surface area contributed by atoms with E-state index in [0.717, 1.165) is 6.42 Å². The maximum atomic E-state index is 14.0. The number of benzene rings is 1. The first-order chi connectivity index (χ1) is 20.1. The predicted octanol–water partition coefficient (Wildman–Crippen LogP) is 0.907. The number of carbonyl (C=O) groups is 3. The summed E-state index contributed by atoms with van der Waals surface area (Å²) in [7, 11) is -1.53. The van der Waals surface area contributed by atoms with Crippen molar-refractivity contribution >= 4 is 45.0 Å². The molecular weight excluding hydrogens is 600 g/mol. The molecule has 0 aliphatic heterocycles. The minimum atomic E-state index is -4.67. The SMILES string of the molecule is CCC(C)N(c1cc(N)c(O)c2c1CC1CC3[C@H](N(C)C)C(=O)C(C(N)=O)=C(O)[C@@]3(O)C(=O)C1=C2O)C(C)C.O=S(=O)(O)O. The molecule has 16 heteroatoms. The number of carbonyl (C=O) groups excluding carboxylic acids is 3. The molecule has 0 aromatic heterocycles. The lowest BCUT2D eigenvalue weighted by molar-refractivity contribution is -0.153. The summed E-state index contributed by atoms with van der Waals surface area (Å²) in [6.07, 6.45) is 1.05. The van der Waals surface area contributed by atoms with Crippen LogP contribution in [0.4, 0.5) is 11.4 Å². The minimum Gasteiger partial charge on any atom is -0.508 e. The molecule has 0 heterocycles. The second-order valence-corrected chi connectivity index (χ2v) is 12.8. The average molecular weight is 641 g/mol. The number of aliphatic hydroxyl groups is 3. The molecule has 44 heavy (non-hydrogen) atoms. The highest BCUT2D eigenvalue weighted by molar-refractivity contribution is 7.79. The summed E-state index contributed by atoms with van der Waals surface area (Å²) in [5, 5.41) is 45.2. The number of anilines is 2. The van der Waals surface area contributed by atoms with Crippen LogP contribution in [0.1, 0.15) is 51.7 Å². The van der Waals surface area contributed by atoms with Gasteiger partial charge in [-0.2, -0.15) is 8.42 Å². The standard InChI is InChI=1S/C28H38N4O7.H2O4S/c1-7-12(4)32(11(2)3)17-10-16(29)22(33)19-14(17)8-13-9-15-21(31(5)6)24(35)20(27(30)38)26(37)28(15,39)25(36)18(13)23(19)34;1-5(2,3)4/h10-13,15,21,33-34,37,39H,7-9,29H2,1-6H3,(H2,30,38);(H2,1,2,3,4)/t12?,13?,15?,21-,28-;/m0./s1. The van der Waals surface area contributed by atoms with Gasteiger partial charge in [0.2, 0.25) is 5.78 Å². The summed E-state index contributed by atoms with van der Waals surface area (Å²) in [5.41, 5.74) is 9.15. The summed E-state index contributed by atoms with van der Waals surface area (Å²) in [5.74, 6) is -6.94. The van der Waals surface area contributed by atoms with E-state index in [0.29, 0.717) is 11.3 Å². The van der Waals surface area contributed by atoms with Crippen LogP contribution in [0.3, 0.4) is 0 Å². The molecule has 10 N–H and O–H groups in total. The number of Topliss-reactive ketones (excluding diaryl/α,β-unsaturated/α-hetero) is 2. The number of nitrogen functional groups attached to an aromatic ring is 1. The van der Waals surface area contributed by atoms with Gasteiger partial charge in [-0.25, -0.2) is 0 Å². The number of nitrogens with zero attached hydrogens (tertiary/aromatic N) is 2. The number of fused-ring (bicyclic) bond motifs is 3. The van der Waals surface area contributed by atoms with E-state index >= 15 is 0 Å². The first kappa shape index (κ1) is 34.8. The highest BCUT2D eigenvalue weighted by Crippen LogP contribution is 2.54. The van der Waals surface area contributed by atoms with Gasteiger partial charge in [0.1, 0.15) is 22.8 Å². The van der Waals surface area contributed by atoms with Crippen molar-refractivity contribution in [1.29, 1.82) is 0 Å². The normalized spacial score (nSPS) is 25.7. The topological polar surface area (TPSA) is 265 Å². The molecule has 0 saturated heterocycles. The summed E-state index contributed by atoms with van der Waals surface area (Å²) in [4.78, 5) is 43.0. The number of ketones is 2. The quantitative estimate of drug-likeness (QED) is 0.0930. The number of likely N-dealkylation sites (N-methyl/N-ethyl adjacent to an activating group) is 1. The van der Waals surface area contributed by atoms with E-state index in [4.69, 9.17) is 29.0 Å². The fraction of sp³-hybridized carbons (Fsp3) is 0.536. The fourth-order valence-electron chi connectivity index (χ4n) is 6.76. The molecule has 15 nitrogen and oxygen atoms in total. The predicted molar refractivity (Wildman–Crippen MR) is 160 cm³/mol. The van der Waals surface area contributed by atoms with Crippen LogP contribution in [0, 0.1) is 11.8 Å². The largest absolute Gasteiger partial charge is 0.508 e. The van der Waals surface area contributed by atoms with Crippen molar-refractivity contribution in [3.63, 3.8) is 0 Å². The van der Waals surface area contributed by atoms with Crippen molar-refractivity contribution in [2.24, 2.45) is 17.6 Å². The molecular formula is C28H40N4O11S. The number of phenols is 1. The Morgan fingerprint density at radius 3 is 2.14 bits per heavy atom. The number of nitrogens with two attached hydrogens (primary N) is 2. The zero-order chi connectivity index (χ0) is 33.8. The molecule has 5 atom stereocenters. The molecule has 0 radical (unpaired) electrons. The first-order valence-corrected chi connectivity index (χ1v) is 15.3. The number of amides is 1. The van der Waals surface area contributed by atoms with E-state index in [2.05, 4.69) is 11.8 Å². The van der Waals surface area contributed by atoms with E-state index in [1.54, 1.807) is 20.2 Å². The number of primary amides is 1. The molecule has 4 rings (SSSR count). The van der Waals surface area contributed by atoms with Gasteiger partial charge in [-0.05, 0) is 71.7 Å². The van der Waals surface area contributed by atoms with Gasteiger partial charge >= 0.3 is 10.4 Å². The van der Waals surface area contributed by atoms with Gasteiger partial charge in [-0.15, -0.1) is 0 Å². The number of hydrogen-bond donors (Lipinski definition) is 8. The van der Waals surface area contributed by atoms with E-state index in [-0.39, 0.29) is 41.7 Å². The van der Waals surface area contributed by atoms with Gasteiger partial charge in [0, 0.05) is 29.3 Å². The maximum absolute atomic E-state index is 14.0. The Morgan fingerprint density at radius 1 is 1.14 bits per heavy atom. The Hall–Kier alpha value is -3.70. The highest BCUT2D eigenvalue weighted by Gasteiger charge is 2.64. The third kappa shape index (κ3) is 5.75. The third-order valence-electron chi connectivity index (χ3n) is 8.63. The van der Waals surface area contributed by atoms with Gasteiger partial charge in [0.05, 0.1) is 17.3 Å². The Balaban J connectivity index is 0.000000978. The average Bonchev–Trinajstić information content (AvgIpc) is 2.87. The number of phenolic OH excluding ortho intramolecular Hbond substituents is 1. The van der Waals surface area contributed by atoms with Crippen LogP contribution >= 0.6 is 0 Å². The Bertz CT molecular complexity index is 1560. The lowest BCUT2D eigenvalue weighted by Gasteiger charge is -2.50. The molecule has 0 spiro atoms. The van der Waals surface area contributed by atoms with Gasteiger partial charge < -0.3 is 36.8 Å². The molecule has 1 aromatic carbocycles. The van der Waals surface area contributed by atoms with E-state index in [9.17, 15) is 34.8 Å². The van der Waals surface area contributed by atoms with Gasteiger partial charge in [-0.1, -0.05) is 6.92 Å². The summed E-state index contributed by atoms with van der Waals surface area (Å²) >= 11 is 0. The Kier molecular flexibility index (Phi) is 9.49. The van der Waals surface area contributed by atoms with Gasteiger partial charge in [-0.3, -0.25) is 28.4 Å². The van der Waals surface area contributed by atoms with Gasteiger partial charge in [0.15, 0.2) is 11.4 Å². The number of rotatable bonds is 6. The highest BCUT2D eigenvalue weighted by atomic mass is 32.3. The van der Waals surface area contributed by atoms with Crippen LogP contribution in [-0.2, 0) is 31.2 Å². The second kappa shape index (κ2) is 12.0. The second-order valence-electron chi connectivity index (χ2n) is 11.9. The lowest BCUT2D eigenvalue weighted by atomic mass is 9.57. The smallest absolute Gasteiger partial charge is 0.394 e. The summed E-state index contributed by atoms with van der Waals surface area (Å²) in [6.45, 7) is 8.16. The first-order valence-electron chi connectivity index (χ1n) is 13.9. The molecule has 0 bridgehead atoms.